The van der Waals surface area contributed by atoms with E-state index in [1.165, 1.54) is 18.2 Å². The second-order valence-electron chi connectivity index (χ2n) is 5.22. The highest BCUT2D eigenvalue weighted by Crippen LogP contribution is 2.27. The van der Waals surface area contributed by atoms with Crippen LogP contribution in [0.4, 0.5) is 0 Å². The summed E-state index contributed by atoms with van der Waals surface area (Å²) >= 11 is 0. The molecule has 0 unspecified atom stereocenters. The van der Waals surface area contributed by atoms with Gasteiger partial charge in [-0.05, 0) is 35.4 Å². The average Bonchev–Trinajstić information content (AvgIpc) is 2.83. The van der Waals surface area contributed by atoms with Gasteiger partial charge in [0.1, 0.15) is 0 Å². The Morgan fingerprint density at radius 1 is 1.00 bits per heavy atom. The van der Waals surface area contributed by atoms with Crippen LogP contribution in [-0.2, 0) is 9.84 Å². The molecular weight excluding hydrogens is 318 g/mol. The molecule has 0 spiro atoms. The third-order valence-corrected chi connectivity index (χ3v) is 4.74. The van der Waals surface area contributed by atoms with Crippen molar-refractivity contribution in [3.8, 4) is 11.1 Å². The minimum atomic E-state index is -3.26. The van der Waals surface area contributed by atoms with Crippen molar-refractivity contribution in [3.63, 3.8) is 0 Å². The predicted octanol–water partition coefficient (Wildman–Crippen LogP) is 2.65. The first kappa shape index (κ1) is 15.1. The molecule has 1 aromatic heterocycles. The summed E-state index contributed by atoms with van der Waals surface area (Å²) in [4.78, 5) is 11.3. The Hall–Kier alpha value is -2.80. The number of rotatable bonds is 3. The lowest BCUT2D eigenvalue weighted by atomic mass is 10.0. The molecule has 23 heavy (non-hydrogen) atoms. The zero-order valence-electron chi connectivity index (χ0n) is 12.1. The third kappa shape index (κ3) is 2.66. The summed E-state index contributed by atoms with van der Waals surface area (Å²) in [6, 6.07) is 12.9. The van der Waals surface area contributed by atoms with Crippen LogP contribution in [0.25, 0.3) is 22.0 Å². The molecule has 0 fully saturated rings. The molecule has 1 heterocycles. The molecule has 118 valence electrons. The van der Waals surface area contributed by atoms with Gasteiger partial charge in [0, 0.05) is 11.6 Å². The monoisotopic (exact) mass is 331 g/mol. The Kier molecular flexibility index (Phi) is 3.37. The summed E-state index contributed by atoms with van der Waals surface area (Å²) < 4.78 is 23.6. The highest BCUT2D eigenvalue weighted by atomic mass is 32.2. The fourth-order valence-corrected chi connectivity index (χ4v) is 3.04. The van der Waals surface area contributed by atoms with Crippen molar-refractivity contribution in [2.75, 3.05) is 6.26 Å². The fourth-order valence-electron chi connectivity index (χ4n) is 2.41. The van der Waals surface area contributed by atoms with Crippen LogP contribution in [0.2, 0.25) is 0 Å². The van der Waals surface area contributed by atoms with E-state index >= 15 is 0 Å². The van der Waals surface area contributed by atoms with Crippen molar-refractivity contribution < 1.29 is 23.5 Å². The van der Waals surface area contributed by atoms with Crippen LogP contribution in [0.15, 0.2) is 53.4 Å². The van der Waals surface area contributed by atoms with E-state index < -0.39 is 15.8 Å². The number of sulfone groups is 1. The van der Waals surface area contributed by atoms with E-state index in [-0.39, 0.29) is 10.6 Å². The number of aromatic carboxylic acids is 1. The van der Waals surface area contributed by atoms with Gasteiger partial charge in [0.2, 0.25) is 0 Å². The average molecular weight is 331 g/mol. The summed E-state index contributed by atoms with van der Waals surface area (Å²) in [5.74, 6) is -1.22. The van der Waals surface area contributed by atoms with Gasteiger partial charge < -0.3 is 10.3 Å². The van der Waals surface area contributed by atoms with Crippen molar-refractivity contribution in [3.05, 3.63) is 54.2 Å². The first-order valence-electron chi connectivity index (χ1n) is 6.66. The van der Waals surface area contributed by atoms with Gasteiger partial charge in [-0.2, -0.15) is 4.73 Å². The van der Waals surface area contributed by atoms with Gasteiger partial charge >= 0.3 is 5.97 Å². The Morgan fingerprint density at radius 2 is 1.61 bits per heavy atom. The maximum Gasteiger partial charge on any atom is 0.356 e. The number of hydrogen-bond donors (Lipinski definition) is 2. The summed E-state index contributed by atoms with van der Waals surface area (Å²) in [5, 5.41) is 19.6. The SMILES string of the molecule is CS(=O)(=O)c1ccc(-c2ccc3cc(C(=O)O)n(O)c3c2)cc1. The van der Waals surface area contributed by atoms with Crippen molar-refractivity contribution >= 4 is 26.7 Å². The molecular formula is C16H13NO5S. The van der Waals surface area contributed by atoms with Crippen molar-refractivity contribution in [2.24, 2.45) is 0 Å². The van der Waals surface area contributed by atoms with Gasteiger partial charge in [0.05, 0.1) is 10.4 Å². The quantitative estimate of drug-likeness (QED) is 0.719. The number of aromatic nitrogens is 1. The molecule has 0 bridgehead atoms. The van der Waals surface area contributed by atoms with Crippen LogP contribution in [-0.4, -0.2) is 35.7 Å². The summed E-state index contributed by atoms with van der Waals surface area (Å²) in [5.41, 5.74) is 1.65. The number of benzene rings is 2. The summed E-state index contributed by atoms with van der Waals surface area (Å²) in [6.07, 6.45) is 1.14. The molecule has 0 saturated heterocycles. The van der Waals surface area contributed by atoms with Crippen LogP contribution < -0.4 is 0 Å². The molecule has 0 atom stereocenters. The Labute approximate surface area is 132 Å². The molecule has 0 aliphatic carbocycles. The number of nitrogens with zero attached hydrogens (tertiary/aromatic N) is 1. The van der Waals surface area contributed by atoms with Gasteiger partial charge in [-0.3, -0.25) is 0 Å². The number of carboxylic acid groups (broad SMARTS) is 1. The maximum atomic E-state index is 11.5. The van der Waals surface area contributed by atoms with Gasteiger partial charge in [-0.25, -0.2) is 13.2 Å². The highest BCUT2D eigenvalue weighted by molar-refractivity contribution is 7.90. The number of carbonyl (C=O) groups is 1. The Morgan fingerprint density at radius 3 is 2.17 bits per heavy atom. The van der Waals surface area contributed by atoms with E-state index in [9.17, 15) is 18.4 Å². The smallest absolute Gasteiger partial charge is 0.356 e. The number of carboxylic acids is 1. The van der Waals surface area contributed by atoms with Crippen LogP contribution in [0.3, 0.4) is 0 Å². The first-order valence-corrected chi connectivity index (χ1v) is 8.55. The lowest BCUT2D eigenvalue weighted by Crippen LogP contribution is -2.04. The second kappa shape index (κ2) is 5.13. The van der Waals surface area contributed by atoms with Crippen molar-refractivity contribution in [2.45, 2.75) is 4.90 Å². The lowest BCUT2D eigenvalue weighted by Gasteiger charge is -2.05. The number of fused-ring (bicyclic) bond motifs is 1. The topological polar surface area (TPSA) is 96.6 Å². The van der Waals surface area contributed by atoms with E-state index in [4.69, 9.17) is 5.11 Å². The van der Waals surface area contributed by atoms with Crippen LogP contribution in [0.5, 0.6) is 0 Å². The first-order chi connectivity index (χ1) is 10.8. The predicted molar refractivity (Wildman–Crippen MR) is 84.6 cm³/mol. The Balaban J connectivity index is 2.10. The minimum absolute atomic E-state index is 0.218. The van der Waals surface area contributed by atoms with Crippen molar-refractivity contribution in [1.29, 1.82) is 0 Å². The van der Waals surface area contributed by atoms with E-state index in [2.05, 4.69) is 0 Å². The standard InChI is InChI=1S/C16H13NO5S/c1-23(21,22)13-6-4-10(5-7-13)11-2-3-12-9-15(16(18)19)17(20)14(12)8-11/h2-9,20H,1H3,(H,18,19). The van der Waals surface area contributed by atoms with E-state index in [1.54, 1.807) is 30.3 Å². The molecule has 6 nitrogen and oxygen atoms in total. The third-order valence-electron chi connectivity index (χ3n) is 3.61. The largest absolute Gasteiger partial charge is 0.476 e. The van der Waals surface area contributed by atoms with Crippen LogP contribution in [0, 0.1) is 0 Å². The van der Waals surface area contributed by atoms with Crippen LogP contribution >= 0.6 is 0 Å². The second-order valence-corrected chi connectivity index (χ2v) is 7.23. The fraction of sp³-hybridized carbons (Fsp3) is 0.0625. The van der Waals surface area contributed by atoms with E-state index in [1.807, 2.05) is 0 Å². The highest BCUT2D eigenvalue weighted by Gasteiger charge is 2.15. The molecule has 2 N–H and O–H groups in total. The summed E-state index contributed by atoms with van der Waals surface area (Å²) in [6.45, 7) is 0. The van der Waals surface area contributed by atoms with Gasteiger partial charge in [0.25, 0.3) is 0 Å². The molecule has 0 amide bonds. The zero-order chi connectivity index (χ0) is 16.8. The molecule has 0 radical (unpaired) electrons. The van der Waals surface area contributed by atoms with E-state index in [0.717, 1.165) is 17.4 Å². The van der Waals surface area contributed by atoms with Gasteiger partial charge in [-0.15, -0.1) is 0 Å². The minimum Gasteiger partial charge on any atom is -0.476 e. The molecule has 0 saturated carbocycles. The van der Waals surface area contributed by atoms with Crippen LogP contribution in [0.1, 0.15) is 10.5 Å². The summed E-state index contributed by atoms with van der Waals surface area (Å²) in [7, 11) is -3.26. The van der Waals surface area contributed by atoms with E-state index in [0.29, 0.717) is 15.6 Å². The molecule has 0 aliphatic heterocycles. The van der Waals surface area contributed by atoms with Gasteiger partial charge in [-0.1, -0.05) is 24.3 Å². The maximum absolute atomic E-state index is 11.5. The number of hydrogen-bond acceptors (Lipinski definition) is 4. The molecule has 7 heteroatoms. The lowest BCUT2D eigenvalue weighted by molar-refractivity contribution is 0.0649. The Bertz CT molecular complexity index is 1020. The molecule has 3 rings (SSSR count). The molecule has 3 aromatic rings. The molecule has 2 aromatic carbocycles. The van der Waals surface area contributed by atoms with Gasteiger partial charge in [0.15, 0.2) is 15.5 Å². The zero-order valence-corrected chi connectivity index (χ0v) is 12.9. The van der Waals surface area contributed by atoms with Crippen molar-refractivity contribution in [1.82, 2.24) is 4.73 Å². The normalized spacial score (nSPS) is 11.7. The molecule has 0 aliphatic rings.